The molecule has 23 heavy (non-hydrogen) atoms. The highest BCUT2D eigenvalue weighted by atomic mass is 19.4. The van der Waals surface area contributed by atoms with Crippen LogP contribution in [-0.2, 0) is 15.8 Å². The van der Waals surface area contributed by atoms with Crippen molar-refractivity contribution in [2.45, 2.75) is 37.4 Å². The van der Waals surface area contributed by atoms with Gasteiger partial charge in [-0.2, -0.15) is 13.2 Å². The van der Waals surface area contributed by atoms with E-state index in [9.17, 15) is 22.8 Å². The monoisotopic (exact) mass is 327 g/mol. The molecule has 1 saturated carbocycles. The summed E-state index contributed by atoms with van der Waals surface area (Å²) in [7, 11) is 0. The largest absolute Gasteiger partial charge is 0.480 e. The third kappa shape index (κ3) is 3.04. The van der Waals surface area contributed by atoms with Gasteiger partial charge in [-0.3, -0.25) is 4.79 Å². The number of nitrogens with zero attached hydrogens (tertiary/aromatic N) is 1. The molecule has 1 aromatic rings. The van der Waals surface area contributed by atoms with Crippen molar-refractivity contribution >= 4 is 11.9 Å². The first kappa shape index (κ1) is 15.8. The zero-order valence-corrected chi connectivity index (χ0v) is 12.2. The first-order chi connectivity index (χ1) is 10.8. The molecule has 1 N–H and O–H groups in total. The van der Waals surface area contributed by atoms with Crippen molar-refractivity contribution in [3.63, 3.8) is 0 Å². The lowest BCUT2D eigenvalue weighted by Crippen LogP contribution is -2.41. The lowest BCUT2D eigenvalue weighted by Gasteiger charge is -2.21. The Labute approximate surface area is 130 Å². The molecule has 3 atom stereocenters. The van der Waals surface area contributed by atoms with Crippen LogP contribution in [0.2, 0.25) is 0 Å². The highest BCUT2D eigenvalue weighted by Crippen LogP contribution is 2.49. The summed E-state index contributed by atoms with van der Waals surface area (Å²) in [5, 5.41) is 9.12. The fourth-order valence-corrected chi connectivity index (χ4v) is 3.28. The molecule has 0 spiro atoms. The number of rotatable bonds is 3. The Bertz CT molecular complexity index is 644. The Hall–Kier alpha value is -2.05. The van der Waals surface area contributed by atoms with Crippen molar-refractivity contribution < 1.29 is 27.9 Å². The van der Waals surface area contributed by atoms with Gasteiger partial charge < -0.3 is 10.0 Å². The highest BCUT2D eigenvalue weighted by molar-refractivity contribution is 5.88. The molecule has 1 amide bonds. The second kappa shape index (κ2) is 5.54. The Balaban J connectivity index is 1.72. The number of amides is 1. The average molecular weight is 327 g/mol. The molecule has 1 saturated heterocycles. The first-order valence-electron chi connectivity index (χ1n) is 7.49. The molecule has 0 radical (unpaired) electrons. The molecular weight excluding hydrogens is 311 g/mol. The molecule has 1 aliphatic carbocycles. The molecular formula is C16H16F3NO3. The third-order valence-corrected chi connectivity index (χ3v) is 4.57. The van der Waals surface area contributed by atoms with Gasteiger partial charge in [0.05, 0.1) is 5.56 Å². The quantitative estimate of drug-likeness (QED) is 0.929. The number of carbonyl (C=O) groups excluding carboxylic acids is 1. The summed E-state index contributed by atoms with van der Waals surface area (Å²) >= 11 is 0. The lowest BCUT2D eigenvalue weighted by molar-refractivity contribution is -0.148. The zero-order valence-electron chi connectivity index (χ0n) is 12.2. The second-order valence-electron chi connectivity index (χ2n) is 6.10. The highest BCUT2D eigenvalue weighted by Gasteiger charge is 2.49. The van der Waals surface area contributed by atoms with Gasteiger partial charge in [-0.25, -0.2) is 4.79 Å². The van der Waals surface area contributed by atoms with Crippen molar-refractivity contribution in [3.8, 4) is 0 Å². The molecule has 0 bridgehead atoms. The minimum absolute atomic E-state index is 0.250. The van der Waals surface area contributed by atoms with Crippen LogP contribution in [0, 0.1) is 5.92 Å². The van der Waals surface area contributed by atoms with Crippen LogP contribution in [0.3, 0.4) is 0 Å². The number of halogens is 3. The van der Waals surface area contributed by atoms with Crippen LogP contribution < -0.4 is 0 Å². The third-order valence-electron chi connectivity index (χ3n) is 4.57. The van der Waals surface area contributed by atoms with E-state index in [1.807, 2.05) is 0 Å². The Morgan fingerprint density at radius 1 is 1.26 bits per heavy atom. The molecule has 1 heterocycles. The number of carboxylic acid groups (broad SMARTS) is 1. The van der Waals surface area contributed by atoms with Crippen LogP contribution in [0.25, 0.3) is 0 Å². The molecule has 2 aliphatic rings. The van der Waals surface area contributed by atoms with Gasteiger partial charge in [0, 0.05) is 12.5 Å². The normalized spacial score (nSPS) is 27.1. The van der Waals surface area contributed by atoms with Crippen LogP contribution >= 0.6 is 0 Å². The van der Waals surface area contributed by atoms with Crippen LogP contribution in [0.4, 0.5) is 13.2 Å². The van der Waals surface area contributed by atoms with Crippen molar-refractivity contribution in [1.29, 1.82) is 0 Å². The van der Waals surface area contributed by atoms with Crippen molar-refractivity contribution in [2.24, 2.45) is 5.92 Å². The Morgan fingerprint density at radius 3 is 2.65 bits per heavy atom. The number of carbonyl (C=O) groups is 2. The van der Waals surface area contributed by atoms with E-state index in [4.69, 9.17) is 5.11 Å². The zero-order chi connectivity index (χ0) is 16.8. The average Bonchev–Trinajstić information content (AvgIpc) is 3.13. The summed E-state index contributed by atoms with van der Waals surface area (Å²) in [6, 6.07) is 4.21. The van der Waals surface area contributed by atoms with E-state index >= 15 is 0 Å². The van der Waals surface area contributed by atoms with Gasteiger partial charge in [0.2, 0.25) is 5.91 Å². The maximum Gasteiger partial charge on any atom is 0.416 e. The molecule has 4 nitrogen and oxygen atoms in total. The Morgan fingerprint density at radius 2 is 2.00 bits per heavy atom. The molecule has 1 aromatic carbocycles. The minimum Gasteiger partial charge on any atom is -0.480 e. The topological polar surface area (TPSA) is 57.6 Å². The van der Waals surface area contributed by atoms with Crippen molar-refractivity contribution in [1.82, 2.24) is 4.90 Å². The number of likely N-dealkylation sites (tertiary alicyclic amines) is 1. The van der Waals surface area contributed by atoms with E-state index < -0.39 is 29.7 Å². The number of benzene rings is 1. The molecule has 3 rings (SSSR count). The molecule has 124 valence electrons. The maximum absolute atomic E-state index is 12.8. The van der Waals surface area contributed by atoms with Gasteiger partial charge in [-0.15, -0.1) is 0 Å². The van der Waals surface area contributed by atoms with Gasteiger partial charge in [0.25, 0.3) is 0 Å². The van der Waals surface area contributed by atoms with E-state index in [1.54, 1.807) is 6.07 Å². The van der Waals surface area contributed by atoms with Crippen LogP contribution in [0.1, 0.15) is 36.3 Å². The number of aliphatic carboxylic acids is 1. The fraction of sp³-hybridized carbons (Fsp3) is 0.500. The SMILES string of the molecule is O=C(O)[C@H]1CCCN1C(=O)[C@@H]1C[C@@H]1c1cccc(C(F)(F)F)c1. The lowest BCUT2D eigenvalue weighted by atomic mass is 10.0. The van der Waals surface area contributed by atoms with E-state index in [2.05, 4.69) is 0 Å². The Kier molecular flexibility index (Phi) is 3.82. The molecule has 0 unspecified atom stereocenters. The number of carboxylic acids is 1. The van der Waals surface area contributed by atoms with Crippen LogP contribution in [0.5, 0.6) is 0 Å². The molecule has 7 heteroatoms. The summed E-state index contributed by atoms with van der Waals surface area (Å²) in [5.41, 5.74) is -0.234. The van der Waals surface area contributed by atoms with Crippen molar-refractivity contribution in [3.05, 3.63) is 35.4 Å². The number of hydrogen-bond donors (Lipinski definition) is 1. The number of hydrogen-bond acceptors (Lipinski definition) is 2. The van der Waals surface area contributed by atoms with Gasteiger partial charge in [-0.1, -0.05) is 18.2 Å². The van der Waals surface area contributed by atoms with Gasteiger partial charge in [0.1, 0.15) is 6.04 Å². The standard InChI is InChI=1S/C16H16F3NO3/c17-16(18,19)10-4-1-3-9(7-10)11-8-12(11)14(21)20-6-2-5-13(20)15(22)23/h1,3-4,7,11-13H,2,5-6,8H2,(H,22,23)/t11-,12-,13-/m1/s1. The van der Waals surface area contributed by atoms with E-state index in [1.165, 1.54) is 11.0 Å². The smallest absolute Gasteiger partial charge is 0.416 e. The second-order valence-corrected chi connectivity index (χ2v) is 6.10. The summed E-state index contributed by atoms with van der Waals surface area (Å²) in [4.78, 5) is 24.9. The summed E-state index contributed by atoms with van der Waals surface area (Å²) in [5.74, 6) is -1.93. The predicted octanol–water partition coefficient (Wildman–Crippen LogP) is 2.88. The number of alkyl halides is 3. The van der Waals surface area contributed by atoms with Gasteiger partial charge >= 0.3 is 12.1 Å². The maximum atomic E-state index is 12.8. The van der Waals surface area contributed by atoms with Crippen LogP contribution in [-0.4, -0.2) is 34.5 Å². The van der Waals surface area contributed by atoms with E-state index in [-0.39, 0.29) is 11.8 Å². The van der Waals surface area contributed by atoms with E-state index in [0.717, 1.165) is 12.1 Å². The van der Waals surface area contributed by atoms with Crippen molar-refractivity contribution in [2.75, 3.05) is 6.54 Å². The fourth-order valence-electron chi connectivity index (χ4n) is 3.28. The predicted molar refractivity (Wildman–Crippen MR) is 74.7 cm³/mol. The molecule has 2 fully saturated rings. The summed E-state index contributed by atoms with van der Waals surface area (Å²) in [6.45, 7) is 0.404. The summed E-state index contributed by atoms with van der Waals surface area (Å²) < 4.78 is 38.3. The molecule has 1 aliphatic heterocycles. The first-order valence-corrected chi connectivity index (χ1v) is 7.49. The van der Waals surface area contributed by atoms with E-state index in [0.29, 0.717) is 31.4 Å². The van der Waals surface area contributed by atoms with Gasteiger partial charge in [-0.05, 0) is 36.8 Å². The summed E-state index contributed by atoms with van der Waals surface area (Å²) in [6.07, 6.45) is -2.86. The van der Waals surface area contributed by atoms with Gasteiger partial charge in [0.15, 0.2) is 0 Å². The van der Waals surface area contributed by atoms with Crippen LogP contribution in [0.15, 0.2) is 24.3 Å². The molecule has 0 aromatic heterocycles. The minimum atomic E-state index is -4.41.